The zero-order valence-corrected chi connectivity index (χ0v) is 17.8. The van der Waals surface area contributed by atoms with Gasteiger partial charge in [0.25, 0.3) is 0 Å². The number of nitrogens with two attached hydrogens (primary N) is 2. The Labute approximate surface area is 187 Å². The molecule has 0 bridgehead atoms. The number of pyridine rings is 1. The molecule has 9 nitrogen and oxygen atoms in total. The third-order valence-electron chi connectivity index (χ3n) is 6.63. The second-order valence-electron chi connectivity index (χ2n) is 8.43. The maximum atomic E-state index is 15.9. The smallest absolute Gasteiger partial charge is 0.449 e. The summed E-state index contributed by atoms with van der Waals surface area (Å²) in [5, 5.41) is 8.50. The number of halogens is 3. The van der Waals surface area contributed by atoms with E-state index in [0.29, 0.717) is 26.0 Å². The molecule has 3 fully saturated rings. The van der Waals surface area contributed by atoms with E-state index in [1.165, 1.54) is 4.57 Å². The summed E-state index contributed by atoms with van der Waals surface area (Å²) in [5.74, 6) is -2.50. The number of benzene rings is 1. The Kier molecular flexibility index (Phi) is 5.46. The van der Waals surface area contributed by atoms with Crippen LogP contribution in [0.15, 0.2) is 11.0 Å². The third-order valence-corrected chi connectivity index (χ3v) is 6.63. The van der Waals surface area contributed by atoms with Crippen molar-refractivity contribution >= 4 is 40.8 Å². The molecule has 174 valence electrons. The summed E-state index contributed by atoms with van der Waals surface area (Å²) in [7, 11) is 0. The summed E-state index contributed by atoms with van der Waals surface area (Å²) in [6.45, 7) is 1.34. The van der Waals surface area contributed by atoms with E-state index in [9.17, 15) is 9.59 Å². The molecule has 3 aliphatic rings. The number of hydrogen-bond donors (Lipinski definition) is 3. The van der Waals surface area contributed by atoms with E-state index in [0.717, 1.165) is 12.6 Å². The van der Waals surface area contributed by atoms with E-state index >= 15 is 8.78 Å². The molecular weight excluding hydrogens is 450 g/mol. The quantitative estimate of drug-likeness (QED) is 0.455. The Bertz CT molecular complexity index is 1170. The molecule has 1 saturated carbocycles. The first-order valence-corrected chi connectivity index (χ1v) is 10.1. The number of ether oxygens (including phenoxy) is 2. The largest absolute Gasteiger partial charge is 0.511 e. The highest BCUT2D eigenvalue weighted by Crippen LogP contribution is 2.45. The van der Waals surface area contributed by atoms with Gasteiger partial charge in [-0.2, -0.15) is 0 Å². The van der Waals surface area contributed by atoms with Crippen LogP contribution in [0, 0.1) is 17.6 Å². The highest BCUT2D eigenvalue weighted by Gasteiger charge is 2.51. The van der Waals surface area contributed by atoms with Crippen molar-refractivity contribution in [2.24, 2.45) is 11.7 Å². The number of carboxylic acid groups (broad SMARTS) is 1. The standard InChI is InChI=1S/C20H22F2N4O5.ClH/c21-13-15(24)12-16(26(10-1-2-10)6-11(18(12)27)31-19(28)29)14(22)17(13)25-5-9-3-4-30-20(9,7-23)8-25;/h6,9-10H,1-5,7-8,23-24H2,(H,28,29);1H. The zero-order chi connectivity index (χ0) is 22.1. The van der Waals surface area contributed by atoms with E-state index in [2.05, 4.69) is 4.74 Å². The molecule has 1 aromatic carbocycles. The molecule has 12 heteroatoms. The third kappa shape index (κ3) is 3.18. The molecule has 2 aromatic rings. The minimum atomic E-state index is -1.70. The number of rotatable bonds is 4. The lowest BCUT2D eigenvalue weighted by atomic mass is 9.91. The molecule has 2 unspecified atom stereocenters. The highest BCUT2D eigenvalue weighted by molar-refractivity contribution is 5.96. The lowest BCUT2D eigenvalue weighted by Crippen LogP contribution is -2.44. The molecule has 1 aliphatic carbocycles. The van der Waals surface area contributed by atoms with Gasteiger partial charge in [-0.15, -0.1) is 12.4 Å². The molecule has 0 spiro atoms. The molecule has 2 saturated heterocycles. The van der Waals surface area contributed by atoms with E-state index in [1.54, 1.807) is 4.90 Å². The first-order valence-electron chi connectivity index (χ1n) is 10.1. The number of anilines is 2. The Morgan fingerprint density at radius 2 is 2.03 bits per heavy atom. The molecule has 5 N–H and O–H groups in total. The average Bonchev–Trinajstić information content (AvgIpc) is 3.39. The van der Waals surface area contributed by atoms with Gasteiger partial charge in [-0.25, -0.2) is 13.6 Å². The fourth-order valence-corrected chi connectivity index (χ4v) is 4.95. The predicted octanol–water partition coefficient (Wildman–Crippen LogP) is 2.23. The van der Waals surface area contributed by atoms with Crippen LogP contribution in [0.2, 0.25) is 0 Å². The van der Waals surface area contributed by atoms with Gasteiger partial charge in [0, 0.05) is 38.2 Å². The van der Waals surface area contributed by atoms with Gasteiger partial charge in [0.2, 0.25) is 5.43 Å². The van der Waals surface area contributed by atoms with Crippen LogP contribution in [0.4, 0.5) is 25.0 Å². The molecule has 2 atom stereocenters. The molecule has 2 aliphatic heterocycles. The van der Waals surface area contributed by atoms with Crippen molar-refractivity contribution in [2.75, 3.05) is 36.9 Å². The first kappa shape index (κ1) is 22.6. The van der Waals surface area contributed by atoms with Crippen LogP contribution in [0.1, 0.15) is 25.3 Å². The minimum absolute atomic E-state index is 0. The van der Waals surface area contributed by atoms with Gasteiger partial charge in [0.15, 0.2) is 17.4 Å². The van der Waals surface area contributed by atoms with E-state index in [1.807, 2.05) is 0 Å². The average molecular weight is 473 g/mol. The summed E-state index contributed by atoms with van der Waals surface area (Å²) < 4.78 is 43.1. The van der Waals surface area contributed by atoms with Crippen molar-refractivity contribution < 1.29 is 28.2 Å². The van der Waals surface area contributed by atoms with E-state index in [4.69, 9.17) is 21.3 Å². The Hall–Kier alpha value is -2.63. The zero-order valence-electron chi connectivity index (χ0n) is 17.0. The molecule has 5 rings (SSSR count). The number of carbonyl (C=O) groups is 1. The van der Waals surface area contributed by atoms with Crippen LogP contribution in [-0.2, 0) is 4.74 Å². The van der Waals surface area contributed by atoms with Crippen LogP contribution in [0.25, 0.3) is 10.9 Å². The summed E-state index contributed by atoms with van der Waals surface area (Å²) in [6, 6.07) is -0.164. The van der Waals surface area contributed by atoms with E-state index in [-0.39, 0.29) is 48.7 Å². The molecular formula is C20H23ClF2N4O5. The van der Waals surface area contributed by atoms with Gasteiger partial charge in [0.05, 0.1) is 22.8 Å². The summed E-state index contributed by atoms with van der Waals surface area (Å²) in [6.07, 6.45) is 1.59. The van der Waals surface area contributed by atoms with Crippen molar-refractivity contribution in [3.8, 4) is 5.75 Å². The maximum Gasteiger partial charge on any atom is 0.511 e. The van der Waals surface area contributed by atoms with Gasteiger partial charge in [0.1, 0.15) is 11.3 Å². The molecule has 1 aromatic heterocycles. The van der Waals surface area contributed by atoms with Crippen LogP contribution >= 0.6 is 12.4 Å². The number of nitrogens with zero attached hydrogens (tertiary/aromatic N) is 2. The Morgan fingerprint density at radius 1 is 1.31 bits per heavy atom. The number of aromatic nitrogens is 1. The van der Waals surface area contributed by atoms with Crippen LogP contribution in [0.3, 0.4) is 0 Å². The molecule has 0 radical (unpaired) electrons. The van der Waals surface area contributed by atoms with Crippen LogP contribution in [-0.4, -0.2) is 47.7 Å². The summed E-state index contributed by atoms with van der Waals surface area (Å²) >= 11 is 0. The van der Waals surface area contributed by atoms with Crippen molar-refractivity contribution in [3.63, 3.8) is 0 Å². The fourth-order valence-electron chi connectivity index (χ4n) is 4.95. The lowest BCUT2D eigenvalue weighted by Gasteiger charge is -2.28. The number of fused-ring (bicyclic) bond motifs is 2. The fraction of sp³-hybridized carbons (Fsp3) is 0.500. The van der Waals surface area contributed by atoms with Gasteiger partial charge < -0.3 is 35.5 Å². The topological polar surface area (TPSA) is 133 Å². The predicted molar refractivity (Wildman–Crippen MR) is 115 cm³/mol. The minimum Gasteiger partial charge on any atom is -0.449 e. The lowest BCUT2D eigenvalue weighted by molar-refractivity contribution is 0.0126. The SMILES string of the molecule is Cl.NCC12CN(c3c(F)c(N)c4c(=O)c(OC(=O)O)cn(C5CC5)c4c3F)CC1CCO2. The second-order valence-corrected chi connectivity index (χ2v) is 8.43. The molecule has 3 heterocycles. The Morgan fingerprint density at radius 3 is 2.62 bits per heavy atom. The van der Waals surface area contributed by atoms with Crippen molar-refractivity contribution in [1.29, 1.82) is 0 Å². The van der Waals surface area contributed by atoms with Crippen molar-refractivity contribution in [3.05, 3.63) is 28.1 Å². The van der Waals surface area contributed by atoms with Gasteiger partial charge in [-0.1, -0.05) is 0 Å². The van der Waals surface area contributed by atoms with Crippen LogP contribution < -0.4 is 26.5 Å². The normalized spacial score (nSPS) is 24.5. The van der Waals surface area contributed by atoms with Gasteiger partial charge in [-0.3, -0.25) is 4.79 Å². The van der Waals surface area contributed by atoms with Crippen molar-refractivity contribution in [2.45, 2.75) is 30.9 Å². The molecule has 0 amide bonds. The number of nitrogen functional groups attached to an aromatic ring is 1. The summed E-state index contributed by atoms with van der Waals surface area (Å²) in [5.41, 5.74) is 9.25. The number of hydrogen-bond acceptors (Lipinski definition) is 7. The monoisotopic (exact) mass is 472 g/mol. The first-order chi connectivity index (χ1) is 14.8. The van der Waals surface area contributed by atoms with Crippen LogP contribution in [0.5, 0.6) is 5.75 Å². The second kappa shape index (κ2) is 7.75. The highest BCUT2D eigenvalue weighted by atomic mass is 35.5. The van der Waals surface area contributed by atoms with Gasteiger partial charge >= 0.3 is 6.16 Å². The van der Waals surface area contributed by atoms with E-state index < -0.39 is 45.6 Å². The summed E-state index contributed by atoms with van der Waals surface area (Å²) in [4.78, 5) is 25.3. The Balaban J connectivity index is 0.00000245. The maximum absolute atomic E-state index is 15.9. The van der Waals surface area contributed by atoms with Gasteiger partial charge in [-0.05, 0) is 19.3 Å². The van der Waals surface area contributed by atoms with Crippen molar-refractivity contribution in [1.82, 2.24) is 4.57 Å². The molecule has 32 heavy (non-hydrogen) atoms.